The Morgan fingerprint density at radius 2 is 1.71 bits per heavy atom. The monoisotopic (exact) mass is 343 g/mol. The van der Waals surface area contributed by atoms with E-state index in [0.29, 0.717) is 35.1 Å². The number of nitrogens with two attached hydrogens (primary N) is 1. The van der Waals surface area contributed by atoms with Crippen molar-refractivity contribution in [1.29, 1.82) is 0 Å². The Morgan fingerprint density at radius 1 is 1.00 bits per heavy atom. The fourth-order valence-electron chi connectivity index (χ4n) is 2.99. The Morgan fingerprint density at radius 3 is 2.42 bits per heavy atom. The van der Waals surface area contributed by atoms with E-state index in [0.717, 1.165) is 18.4 Å². The normalized spacial score (nSPS) is 16.0. The van der Waals surface area contributed by atoms with Crippen molar-refractivity contribution < 1.29 is 8.42 Å². The first-order valence-corrected chi connectivity index (χ1v) is 9.21. The molecule has 1 aliphatic heterocycles. The number of sulfonamides is 1. The number of hydrogen-bond donors (Lipinski definition) is 1. The average molecular weight is 343 g/mol. The van der Waals surface area contributed by atoms with Crippen molar-refractivity contribution >= 4 is 21.4 Å². The van der Waals surface area contributed by atoms with E-state index in [4.69, 9.17) is 5.73 Å². The van der Waals surface area contributed by atoms with Gasteiger partial charge in [-0.3, -0.25) is 4.40 Å². The molecule has 0 amide bonds. The molecule has 2 aromatic heterocycles. The summed E-state index contributed by atoms with van der Waals surface area (Å²) in [6, 6.07) is 10.3. The minimum absolute atomic E-state index is 0.307. The summed E-state index contributed by atoms with van der Waals surface area (Å²) in [5, 5.41) is 8.26. The van der Waals surface area contributed by atoms with Gasteiger partial charge in [0.15, 0.2) is 11.5 Å². The highest BCUT2D eigenvalue weighted by Crippen LogP contribution is 2.25. The minimum Gasteiger partial charge on any atom is -0.396 e. The van der Waals surface area contributed by atoms with Gasteiger partial charge in [-0.2, -0.15) is 4.31 Å². The molecule has 0 unspecified atom stereocenters. The van der Waals surface area contributed by atoms with E-state index in [1.165, 1.54) is 4.31 Å². The van der Waals surface area contributed by atoms with E-state index in [1.807, 2.05) is 12.3 Å². The van der Waals surface area contributed by atoms with Crippen LogP contribution in [-0.4, -0.2) is 40.4 Å². The Labute approximate surface area is 139 Å². The van der Waals surface area contributed by atoms with Crippen molar-refractivity contribution in [1.82, 2.24) is 18.9 Å². The Kier molecular flexibility index (Phi) is 3.50. The molecule has 1 saturated heterocycles. The topological polar surface area (TPSA) is 93.6 Å². The first-order valence-electron chi connectivity index (χ1n) is 7.77. The molecule has 0 saturated carbocycles. The molecule has 24 heavy (non-hydrogen) atoms. The lowest BCUT2D eigenvalue weighted by atomic mass is 10.2. The summed E-state index contributed by atoms with van der Waals surface area (Å²) in [6.07, 6.45) is 3.67. The van der Waals surface area contributed by atoms with Crippen LogP contribution in [0.25, 0.3) is 17.0 Å². The lowest BCUT2D eigenvalue weighted by molar-refractivity contribution is 0.477. The molecule has 3 heterocycles. The Hall–Kier alpha value is -2.45. The summed E-state index contributed by atoms with van der Waals surface area (Å²) in [5.41, 5.74) is 7.81. The van der Waals surface area contributed by atoms with E-state index in [-0.39, 0.29) is 0 Å². The van der Waals surface area contributed by atoms with Gasteiger partial charge in [-0.25, -0.2) is 8.42 Å². The molecule has 124 valence electrons. The molecular weight excluding hydrogens is 326 g/mol. The number of anilines is 1. The van der Waals surface area contributed by atoms with Crippen LogP contribution in [0.5, 0.6) is 0 Å². The van der Waals surface area contributed by atoms with Crippen LogP contribution in [0.3, 0.4) is 0 Å². The van der Waals surface area contributed by atoms with Gasteiger partial charge < -0.3 is 5.73 Å². The molecule has 4 rings (SSSR count). The molecular formula is C16H17N5O2S. The number of aromatic nitrogens is 3. The molecule has 7 nitrogen and oxygen atoms in total. The third kappa shape index (κ3) is 2.35. The molecule has 3 aromatic rings. The predicted octanol–water partition coefficient (Wildman–Crippen LogP) is 1.76. The van der Waals surface area contributed by atoms with Crippen LogP contribution in [-0.2, 0) is 10.0 Å². The van der Waals surface area contributed by atoms with E-state index in [9.17, 15) is 8.42 Å². The van der Waals surface area contributed by atoms with Crippen LogP contribution in [0.15, 0.2) is 47.5 Å². The standard InChI is InChI=1S/C16H17N5O2S/c17-14-4-3-11-21-15(18-19-16(14)21)12-5-7-13(8-6-12)24(22,23)20-9-1-2-10-20/h3-8,11H,1-2,9-10,17H2. The van der Waals surface area contributed by atoms with Crippen molar-refractivity contribution in [2.75, 3.05) is 18.8 Å². The number of pyridine rings is 1. The largest absolute Gasteiger partial charge is 0.396 e. The van der Waals surface area contributed by atoms with Gasteiger partial charge >= 0.3 is 0 Å². The van der Waals surface area contributed by atoms with Gasteiger partial charge in [-0.1, -0.05) is 0 Å². The fourth-order valence-corrected chi connectivity index (χ4v) is 4.50. The predicted molar refractivity (Wildman–Crippen MR) is 90.8 cm³/mol. The van der Waals surface area contributed by atoms with Crippen molar-refractivity contribution in [3.05, 3.63) is 42.6 Å². The maximum atomic E-state index is 12.6. The van der Waals surface area contributed by atoms with Crippen LogP contribution in [0, 0.1) is 0 Å². The third-order valence-electron chi connectivity index (χ3n) is 4.28. The highest BCUT2D eigenvalue weighted by atomic mass is 32.2. The number of hydrogen-bond acceptors (Lipinski definition) is 5. The molecule has 0 atom stereocenters. The molecule has 0 radical (unpaired) electrons. The molecule has 0 aliphatic carbocycles. The first-order chi connectivity index (χ1) is 11.6. The van der Waals surface area contributed by atoms with Crippen LogP contribution in [0.2, 0.25) is 0 Å². The lowest BCUT2D eigenvalue weighted by Crippen LogP contribution is -2.27. The number of benzene rings is 1. The molecule has 2 N–H and O–H groups in total. The number of fused-ring (bicyclic) bond motifs is 1. The molecule has 8 heteroatoms. The van der Waals surface area contributed by atoms with E-state index in [1.54, 1.807) is 34.7 Å². The average Bonchev–Trinajstić information content (AvgIpc) is 3.26. The van der Waals surface area contributed by atoms with Crippen molar-refractivity contribution in [2.45, 2.75) is 17.7 Å². The third-order valence-corrected chi connectivity index (χ3v) is 6.19. The van der Waals surface area contributed by atoms with Gasteiger partial charge in [0.1, 0.15) is 0 Å². The van der Waals surface area contributed by atoms with Gasteiger partial charge in [0.2, 0.25) is 10.0 Å². The van der Waals surface area contributed by atoms with Crippen LogP contribution in [0.1, 0.15) is 12.8 Å². The van der Waals surface area contributed by atoms with Crippen LogP contribution in [0.4, 0.5) is 5.69 Å². The van der Waals surface area contributed by atoms with Crippen LogP contribution >= 0.6 is 0 Å². The SMILES string of the molecule is Nc1cccn2c(-c3ccc(S(=O)(=O)N4CCCC4)cc3)nnc12. The van der Waals surface area contributed by atoms with E-state index >= 15 is 0 Å². The molecule has 1 aromatic carbocycles. The van der Waals surface area contributed by atoms with Crippen molar-refractivity contribution in [2.24, 2.45) is 0 Å². The first kappa shape index (κ1) is 15.1. The second-order valence-electron chi connectivity index (χ2n) is 5.82. The second-order valence-corrected chi connectivity index (χ2v) is 7.75. The minimum atomic E-state index is -3.40. The maximum absolute atomic E-state index is 12.6. The summed E-state index contributed by atoms with van der Waals surface area (Å²) < 4.78 is 28.5. The molecule has 0 bridgehead atoms. The lowest BCUT2D eigenvalue weighted by Gasteiger charge is -2.15. The van der Waals surface area contributed by atoms with Gasteiger partial charge in [-0.05, 0) is 49.2 Å². The Balaban J connectivity index is 1.72. The maximum Gasteiger partial charge on any atom is 0.243 e. The van der Waals surface area contributed by atoms with E-state index < -0.39 is 10.0 Å². The van der Waals surface area contributed by atoms with Crippen LogP contribution < -0.4 is 5.73 Å². The summed E-state index contributed by atoms with van der Waals surface area (Å²) >= 11 is 0. The molecule has 0 spiro atoms. The van der Waals surface area contributed by atoms with Gasteiger partial charge in [0.05, 0.1) is 10.6 Å². The molecule has 1 fully saturated rings. The zero-order chi connectivity index (χ0) is 16.7. The summed E-state index contributed by atoms with van der Waals surface area (Å²) in [4.78, 5) is 0.307. The smallest absolute Gasteiger partial charge is 0.243 e. The Bertz CT molecular complexity index is 989. The molecule has 1 aliphatic rings. The quantitative estimate of drug-likeness (QED) is 0.782. The van der Waals surface area contributed by atoms with Gasteiger partial charge in [-0.15, -0.1) is 10.2 Å². The second kappa shape index (κ2) is 5.57. The van der Waals surface area contributed by atoms with E-state index in [2.05, 4.69) is 10.2 Å². The van der Waals surface area contributed by atoms with Crippen molar-refractivity contribution in [3.8, 4) is 11.4 Å². The fraction of sp³-hybridized carbons (Fsp3) is 0.250. The summed E-state index contributed by atoms with van der Waals surface area (Å²) in [7, 11) is -3.40. The summed E-state index contributed by atoms with van der Waals surface area (Å²) in [6.45, 7) is 1.19. The zero-order valence-corrected chi connectivity index (χ0v) is 13.8. The summed E-state index contributed by atoms with van der Waals surface area (Å²) in [5.74, 6) is 0.627. The highest BCUT2D eigenvalue weighted by Gasteiger charge is 2.27. The zero-order valence-electron chi connectivity index (χ0n) is 13.0. The number of rotatable bonds is 3. The number of nitrogens with zero attached hydrogens (tertiary/aromatic N) is 4. The van der Waals surface area contributed by atoms with Gasteiger partial charge in [0, 0.05) is 24.8 Å². The highest BCUT2D eigenvalue weighted by molar-refractivity contribution is 7.89. The van der Waals surface area contributed by atoms with Gasteiger partial charge in [0.25, 0.3) is 0 Å². The number of nitrogen functional groups attached to an aromatic ring is 1. The van der Waals surface area contributed by atoms with Crippen molar-refractivity contribution in [3.63, 3.8) is 0 Å².